The predicted octanol–water partition coefficient (Wildman–Crippen LogP) is 3.15. The van der Waals surface area contributed by atoms with E-state index in [1.807, 2.05) is 0 Å². The van der Waals surface area contributed by atoms with Crippen molar-refractivity contribution in [1.82, 2.24) is 0 Å². The second-order valence-electron chi connectivity index (χ2n) is 7.67. The minimum Gasteiger partial charge on any atom is -0.439 e. The number of hydrazone groups is 1. The SMILES string of the molecule is CCN1C(=CC=CC=C2C(=O)N(c3ccc(S(=O)(=O)O)cc3)N=C2C)Oc2cccc(S(=O)(=O)O)c21. The second-order valence-corrected chi connectivity index (χ2v) is 10.5. The van der Waals surface area contributed by atoms with Crippen LogP contribution in [0.25, 0.3) is 0 Å². The van der Waals surface area contributed by atoms with E-state index in [9.17, 15) is 26.2 Å². The summed E-state index contributed by atoms with van der Waals surface area (Å²) < 4.78 is 70.4. The summed E-state index contributed by atoms with van der Waals surface area (Å²) in [4.78, 5) is 13.9. The number of fused-ring (bicyclic) bond motifs is 1. The van der Waals surface area contributed by atoms with Gasteiger partial charge >= 0.3 is 0 Å². The molecule has 13 heteroatoms. The molecule has 2 heterocycles. The van der Waals surface area contributed by atoms with Crippen LogP contribution in [0.2, 0.25) is 0 Å². The fraction of sp³-hybridized carbons (Fsp3) is 0.130. The van der Waals surface area contributed by atoms with E-state index in [1.165, 1.54) is 36.4 Å². The van der Waals surface area contributed by atoms with E-state index in [2.05, 4.69) is 5.10 Å². The van der Waals surface area contributed by atoms with Crippen molar-refractivity contribution in [2.75, 3.05) is 16.5 Å². The Morgan fingerprint density at radius 1 is 0.972 bits per heavy atom. The highest BCUT2D eigenvalue weighted by Gasteiger charge is 2.32. The number of hydrogen-bond acceptors (Lipinski definition) is 8. The van der Waals surface area contributed by atoms with E-state index in [1.54, 1.807) is 49.1 Å². The first kappa shape index (κ1) is 25.3. The Morgan fingerprint density at radius 3 is 2.25 bits per heavy atom. The van der Waals surface area contributed by atoms with E-state index in [-0.39, 0.29) is 21.2 Å². The fourth-order valence-electron chi connectivity index (χ4n) is 3.71. The third-order valence-corrected chi connectivity index (χ3v) is 7.11. The maximum Gasteiger partial charge on any atom is 0.296 e. The fourth-order valence-corrected chi connectivity index (χ4v) is 4.89. The molecule has 0 saturated heterocycles. The van der Waals surface area contributed by atoms with Gasteiger partial charge in [-0.25, -0.2) is 0 Å². The first-order chi connectivity index (χ1) is 16.9. The number of carbonyl (C=O) groups is 1. The lowest BCUT2D eigenvalue weighted by atomic mass is 10.1. The molecule has 2 aromatic carbocycles. The van der Waals surface area contributed by atoms with Gasteiger partial charge in [0.2, 0.25) is 5.88 Å². The molecule has 0 saturated carbocycles. The molecule has 0 radical (unpaired) electrons. The number of allylic oxidation sites excluding steroid dienone is 4. The number of anilines is 2. The Bertz CT molecular complexity index is 1570. The van der Waals surface area contributed by atoms with Crippen molar-refractivity contribution in [3.05, 3.63) is 78.2 Å². The molecular weight excluding hydrogens is 510 g/mol. The van der Waals surface area contributed by atoms with Crippen molar-refractivity contribution in [2.45, 2.75) is 23.6 Å². The van der Waals surface area contributed by atoms with Crippen LogP contribution in [0.5, 0.6) is 5.75 Å². The third-order valence-electron chi connectivity index (χ3n) is 5.36. The van der Waals surface area contributed by atoms with E-state index >= 15 is 0 Å². The van der Waals surface area contributed by atoms with E-state index < -0.39 is 26.1 Å². The Balaban J connectivity index is 1.54. The summed E-state index contributed by atoms with van der Waals surface area (Å²) in [6, 6.07) is 9.40. The van der Waals surface area contributed by atoms with Crippen LogP contribution in [-0.4, -0.2) is 44.1 Å². The van der Waals surface area contributed by atoms with Gasteiger partial charge in [-0.3, -0.25) is 13.9 Å². The van der Waals surface area contributed by atoms with Crippen LogP contribution in [0.1, 0.15) is 13.8 Å². The van der Waals surface area contributed by atoms with Gasteiger partial charge in [0.1, 0.15) is 10.6 Å². The van der Waals surface area contributed by atoms with Crippen LogP contribution in [0.15, 0.2) is 93.1 Å². The van der Waals surface area contributed by atoms with Crippen LogP contribution in [0, 0.1) is 0 Å². The molecule has 2 aromatic rings. The summed E-state index contributed by atoms with van der Waals surface area (Å²) in [5.41, 5.74) is 1.31. The molecule has 2 N–H and O–H groups in total. The largest absolute Gasteiger partial charge is 0.439 e. The van der Waals surface area contributed by atoms with Crippen molar-refractivity contribution in [2.24, 2.45) is 5.10 Å². The number of carbonyl (C=O) groups excluding carboxylic acids is 1. The maximum atomic E-state index is 12.8. The lowest BCUT2D eigenvalue weighted by Gasteiger charge is -2.16. The van der Waals surface area contributed by atoms with Gasteiger partial charge in [-0.15, -0.1) is 0 Å². The molecule has 1 amide bonds. The van der Waals surface area contributed by atoms with Gasteiger partial charge in [0.15, 0.2) is 5.75 Å². The van der Waals surface area contributed by atoms with Crippen molar-refractivity contribution < 1.29 is 35.5 Å². The molecule has 0 unspecified atom stereocenters. The predicted molar refractivity (Wildman–Crippen MR) is 132 cm³/mol. The van der Waals surface area contributed by atoms with Crippen LogP contribution >= 0.6 is 0 Å². The highest BCUT2D eigenvalue weighted by atomic mass is 32.2. The number of para-hydroxylation sites is 1. The van der Waals surface area contributed by atoms with Crippen LogP contribution in [0.4, 0.5) is 11.4 Å². The number of benzene rings is 2. The number of nitrogens with zero attached hydrogens (tertiary/aromatic N) is 3. The molecule has 4 rings (SSSR count). The molecule has 0 aromatic heterocycles. The van der Waals surface area contributed by atoms with Gasteiger partial charge in [0.05, 0.1) is 21.9 Å². The molecular formula is C23H21N3O8S2. The van der Waals surface area contributed by atoms with Crippen LogP contribution in [-0.2, 0) is 25.0 Å². The summed E-state index contributed by atoms with van der Waals surface area (Å²) in [7, 11) is -8.81. The highest BCUT2D eigenvalue weighted by molar-refractivity contribution is 7.86. The average molecular weight is 532 g/mol. The van der Waals surface area contributed by atoms with Crippen molar-refractivity contribution in [3.63, 3.8) is 0 Å². The Hall–Kier alpha value is -3.78. The molecule has 0 aliphatic carbocycles. The topological polar surface area (TPSA) is 154 Å². The smallest absolute Gasteiger partial charge is 0.296 e. The lowest BCUT2D eigenvalue weighted by molar-refractivity contribution is -0.114. The van der Waals surface area contributed by atoms with Crippen molar-refractivity contribution >= 4 is 43.2 Å². The lowest BCUT2D eigenvalue weighted by Crippen LogP contribution is -2.21. The standard InChI is InChI=1S/C23H21N3O8S2/c1-3-25-21(34-19-8-6-9-20(22(19)25)36(31,32)33)10-5-4-7-18-15(2)24-26(23(18)27)16-11-13-17(14-12-16)35(28,29)30/h4-14H,3H2,1-2H3,(H,28,29,30)(H,31,32,33). The van der Waals surface area contributed by atoms with E-state index in [4.69, 9.17) is 9.29 Å². The monoisotopic (exact) mass is 531 g/mol. The van der Waals surface area contributed by atoms with E-state index in [0.29, 0.717) is 29.4 Å². The number of hydrogen-bond donors (Lipinski definition) is 2. The molecule has 0 spiro atoms. The zero-order chi connectivity index (χ0) is 26.3. The second kappa shape index (κ2) is 9.35. The molecule has 0 atom stereocenters. The minimum absolute atomic E-state index is 0.241. The van der Waals surface area contributed by atoms with Gasteiger partial charge in [-0.2, -0.15) is 26.9 Å². The van der Waals surface area contributed by atoms with Gasteiger partial charge < -0.3 is 9.64 Å². The summed E-state index contributed by atoms with van der Waals surface area (Å²) in [5, 5.41) is 5.33. The molecule has 2 aliphatic rings. The van der Waals surface area contributed by atoms with Gasteiger partial charge in [-0.1, -0.05) is 18.2 Å². The van der Waals surface area contributed by atoms with Crippen LogP contribution < -0.4 is 14.6 Å². The quantitative estimate of drug-likeness (QED) is 0.423. The number of ether oxygens (including phenoxy) is 1. The third kappa shape index (κ3) is 4.81. The number of amides is 1. The Morgan fingerprint density at radius 2 is 1.64 bits per heavy atom. The molecule has 0 bridgehead atoms. The molecule has 0 fully saturated rings. The molecule has 188 valence electrons. The first-order valence-electron chi connectivity index (χ1n) is 10.5. The highest BCUT2D eigenvalue weighted by Crippen LogP contribution is 2.43. The number of rotatable bonds is 6. The summed E-state index contributed by atoms with van der Waals surface area (Å²) in [6.07, 6.45) is 6.33. The van der Waals surface area contributed by atoms with Gasteiger partial charge in [-0.05, 0) is 62.4 Å². The maximum absolute atomic E-state index is 12.8. The average Bonchev–Trinajstić information content (AvgIpc) is 3.31. The van der Waals surface area contributed by atoms with Crippen molar-refractivity contribution in [3.8, 4) is 5.75 Å². The summed E-state index contributed by atoms with van der Waals surface area (Å²) >= 11 is 0. The molecule has 2 aliphatic heterocycles. The Kier molecular flexibility index (Phi) is 6.58. The first-order valence-corrected chi connectivity index (χ1v) is 13.4. The molecule has 11 nitrogen and oxygen atoms in total. The zero-order valence-corrected chi connectivity index (χ0v) is 20.7. The molecule has 36 heavy (non-hydrogen) atoms. The van der Waals surface area contributed by atoms with Gasteiger partial charge in [0.25, 0.3) is 26.1 Å². The van der Waals surface area contributed by atoms with E-state index in [0.717, 1.165) is 5.01 Å². The van der Waals surface area contributed by atoms with Crippen LogP contribution in [0.3, 0.4) is 0 Å². The van der Waals surface area contributed by atoms with Crippen molar-refractivity contribution in [1.29, 1.82) is 0 Å². The van der Waals surface area contributed by atoms with Gasteiger partial charge in [0, 0.05) is 6.54 Å². The Labute approximate surface area is 207 Å². The minimum atomic E-state index is -4.45. The zero-order valence-electron chi connectivity index (χ0n) is 19.1. The summed E-state index contributed by atoms with van der Waals surface area (Å²) in [5.74, 6) is 0.193. The summed E-state index contributed by atoms with van der Waals surface area (Å²) in [6.45, 7) is 3.82. The normalized spacial score (nSPS) is 18.3.